The van der Waals surface area contributed by atoms with Crippen molar-refractivity contribution in [1.82, 2.24) is 16.0 Å². The van der Waals surface area contributed by atoms with Crippen LogP contribution in [0, 0.1) is 11.8 Å². The van der Waals surface area contributed by atoms with E-state index in [2.05, 4.69) is 22.9 Å². The van der Waals surface area contributed by atoms with E-state index in [1.807, 2.05) is 0 Å². The number of hydrogen-bond donors (Lipinski definition) is 3. The van der Waals surface area contributed by atoms with Gasteiger partial charge >= 0.3 is 0 Å². The standard InChI is InChI=1S/C13H25N3O2/c1-10(12-3-5-14-6-4-12)9-13(18)16-8-7-15-11(2)17/h10,12,14H,3-9H2,1-2H3,(H,15,17)(H,16,18). The van der Waals surface area contributed by atoms with E-state index in [1.165, 1.54) is 19.8 Å². The highest BCUT2D eigenvalue weighted by molar-refractivity contribution is 5.76. The van der Waals surface area contributed by atoms with E-state index < -0.39 is 0 Å². The molecule has 5 heteroatoms. The average Bonchev–Trinajstić information content (AvgIpc) is 2.35. The molecule has 1 atom stereocenters. The third-order valence-electron chi connectivity index (χ3n) is 3.52. The normalized spacial score (nSPS) is 18.1. The monoisotopic (exact) mass is 255 g/mol. The molecular weight excluding hydrogens is 230 g/mol. The van der Waals surface area contributed by atoms with E-state index in [1.54, 1.807) is 0 Å². The van der Waals surface area contributed by atoms with Crippen molar-refractivity contribution in [2.24, 2.45) is 11.8 Å². The Hall–Kier alpha value is -1.10. The summed E-state index contributed by atoms with van der Waals surface area (Å²) in [7, 11) is 0. The van der Waals surface area contributed by atoms with Gasteiger partial charge in [0.15, 0.2) is 0 Å². The van der Waals surface area contributed by atoms with Crippen LogP contribution in [-0.2, 0) is 9.59 Å². The SMILES string of the molecule is CC(=O)NCCNC(=O)CC(C)C1CCNCC1. The van der Waals surface area contributed by atoms with Gasteiger partial charge in [0.1, 0.15) is 0 Å². The lowest BCUT2D eigenvalue weighted by molar-refractivity contribution is -0.123. The van der Waals surface area contributed by atoms with Crippen molar-refractivity contribution in [2.75, 3.05) is 26.2 Å². The summed E-state index contributed by atoms with van der Waals surface area (Å²) in [5.74, 6) is 1.12. The Morgan fingerprint density at radius 2 is 1.83 bits per heavy atom. The van der Waals surface area contributed by atoms with E-state index in [4.69, 9.17) is 0 Å². The zero-order chi connectivity index (χ0) is 13.4. The number of carbonyl (C=O) groups excluding carboxylic acids is 2. The fraction of sp³-hybridized carbons (Fsp3) is 0.846. The summed E-state index contributed by atoms with van der Waals surface area (Å²) in [6.07, 6.45) is 2.92. The first-order valence-electron chi connectivity index (χ1n) is 6.81. The fourth-order valence-corrected chi connectivity index (χ4v) is 2.39. The number of hydrogen-bond acceptors (Lipinski definition) is 3. The van der Waals surface area contributed by atoms with Gasteiger partial charge in [-0.2, -0.15) is 0 Å². The molecule has 0 aliphatic carbocycles. The van der Waals surface area contributed by atoms with Crippen LogP contribution in [0.4, 0.5) is 0 Å². The molecule has 104 valence electrons. The van der Waals surface area contributed by atoms with Crippen LogP contribution in [0.1, 0.15) is 33.1 Å². The smallest absolute Gasteiger partial charge is 0.220 e. The van der Waals surface area contributed by atoms with Gasteiger partial charge in [0.25, 0.3) is 0 Å². The topological polar surface area (TPSA) is 70.2 Å². The average molecular weight is 255 g/mol. The second-order valence-corrected chi connectivity index (χ2v) is 5.10. The Balaban J connectivity index is 2.12. The molecule has 1 heterocycles. The first-order chi connectivity index (χ1) is 8.59. The Bertz CT molecular complexity index is 275. The van der Waals surface area contributed by atoms with Crippen LogP contribution in [0.2, 0.25) is 0 Å². The summed E-state index contributed by atoms with van der Waals surface area (Å²) in [5, 5.41) is 8.83. The molecule has 0 bridgehead atoms. The molecule has 0 saturated carbocycles. The lowest BCUT2D eigenvalue weighted by atomic mass is 9.84. The lowest BCUT2D eigenvalue weighted by Gasteiger charge is -2.27. The number of piperidine rings is 1. The third kappa shape index (κ3) is 6.00. The van der Waals surface area contributed by atoms with Crippen LogP contribution in [0.25, 0.3) is 0 Å². The van der Waals surface area contributed by atoms with Crippen LogP contribution in [0.3, 0.4) is 0 Å². The van der Waals surface area contributed by atoms with Crippen molar-refractivity contribution in [3.05, 3.63) is 0 Å². The number of nitrogens with one attached hydrogen (secondary N) is 3. The maximum Gasteiger partial charge on any atom is 0.220 e. The number of carbonyl (C=O) groups is 2. The Morgan fingerprint density at radius 1 is 1.22 bits per heavy atom. The van der Waals surface area contributed by atoms with Crippen LogP contribution in [-0.4, -0.2) is 38.0 Å². The van der Waals surface area contributed by atoms with Crippen LogP contribution in [0.5, 0.6) is 0 Å². The largest absolute Gasteiger partial charge is 0.355 e. The second-order valence-electron chi connectivity index (χ2n) is 5.10. The van der Waals surface area contributed by atoms with E-state index in [9.17, 15) is 9.59 Å². The molecule has 0 aromatic rings. The van der Waals surface area contributed by atoms with Crippen LogP contribution in [0.15, 0.2) is 0 Å². The van der Waals surface area contributed by atoms with Crippen LogP contribution >= 0.6 is 0 Å². The van der Waals surface area contributed by atoms with Crippen LogP contribution < -0.4 is 16.0 Å². The minimum absolute atomic E-state index is 0.0627. The van der Waals surface area contributed by atoms with Crippen molar-refractivity contribution in [3.8, 4) is 0 Å². The molecule has 1 aliphatic heterocycles. The summed E-state index contributed by atoms with van der Waals surface area (Å²) in [4.78, 5) is 22.3. The highest BCUT2D eigenvalue weighted by Gasteiger charge is 2.21. The van der Waals surface area contributed by atoms with Gasteiger partial charge < -0.3 is 16.0 Å². The van der Waals surface area contributed by atoms with Crippen molar-refractivity contribution < 1.29 is 9.59 Å². The highest BCUT2D eigenvalue weighted by atomic mass is 16.2. The van der Waals surface area contributed by atoms with Gasteiger partial charge in [0, 0.05) is 26.4 Å². The predicted molar refractivity (Wildman–Crippen MR) is 71.1 cm³/mol. The van der Waals surface area contributed by atoms with Crippen molar-refractivity contribution >= 4 is 11.8 Å². The molecule has 18 heavy (non-hydrogen) atoms. The third-order valence-corrected chi connectivity index (χ3v) is 3.52. The van der Waals surface area contributed by atoms with Crippen molar-refractivity contribution in [1.29, 1.82) is 0 Å². The minimum atomic E-state index is -0.0627. The summed E-state index contributed by atoms with van der Waals surface area (Å²) in [6.45, 7) is 6.78. The molecule has 1 unspecified atom stereocenters. The predicted octanol–water partition coefficient (Wildman–Crippen LogP) is 0.265. The van der Waals surface area contributed by atoms with Gasteiger partial charge in [-0.25, -0.2) is 0 Å². The van der Waals surface area contributed by atoms with Gasteiger partial charge in [-0.05, 0) is 37.8 Å². The Kier molecular flexibility index (Phi) is 6.72. The van der Waals surface area contributed by atoms with E-state index >= 15 is 0 Å². The second kappa shape index (κ2) is 8.08. The summed E-state index contributed by atoms with van der Waals surface area (Å²) < 4.78 is 0. The zero-order valence-corrected chi connectivity index (χ0v) is 11.4. The summed E-state index contributed by atoms with van der Waals surface area (Å²) in [5.41, 5.74) is 0. The molecule has 0 radical (unpaired) electrons. The van der Waals surface area contributed by atoms with E-state index in [0.717, 1.165) is 13.1 Å². The quantitative estimate of drug-likeness (QED) is 0.596. The van der Waals surface area contributed by atoms with Gasteiger partial charge in [0.05, 0.1) is 0 Å². The number of rotatable bonds is 6. The minimum Gasteiger partial charge on any atom is -0.355 e. The van der Waals surface area contributed by atoms with Gasteiger partial charge in [-0.1, -0.05) is 6.92 Å². The highest BCUT2D eigenvalue weighted by Crippen LogP contribution is 2.23. The fourth-order valence-electron chi connectivity index (χ4n) is 2.39. The van der Waals surface area contributed by atoms with Crippen molar-refractivity contribution in [2.45, 2.75) is 33.1 Å². The lowest BCUT2D eigenvalue weighted by Crippen LogP contribution is -2.36. The Morgan fingerprint density at radius 3 is 2.44 bits per heavy atom. The van der Waals surface area contributed by atoms with Gasteiger partial charge in [-0.15, -0.1) is 0 Å². The molecule has 5 nitrogen and oxygen atoms in total. The van der Waals surface area contributed by atoms with E-state index in [-0.39, 0.29) is 11.8 Å². The summed E-state index contributed by atoms with van der Waals surface area (Å²) in [6, 6.07) is 0. The van der Waals surface area contributed by atoms with Crippen molar-refractivity contribution in [3.63, 3.8) is 0 Å². The van der Waals surface area contributed by atoms with E-state index in [0.29, 0.717) is 31.3 Å². The first kappa shape index (κ1) is 15.0. The van der Waals surface area contributed by atoms with Gasteiger partial charge in [-0.3, -0.25) is 9.59 Å². The molecular formula is C13H25N3O2. The molecule has 0 spiro atoms. The molecule has 1 saturated heterocycles. The molecule has 1 fully saturated rings. The first-order valence-corrected chi connectivity index (χ1v) is 6.81. The molecule has 3 N–H and O–H groups in total. The Labute approximate surface area is 109 Å². The molecule has 0 aromatic heterocycles. The summed E-state index contributed by atoms with van der Waals surface area (Å²) >= 11 is 0. The molecule has 2 amide bonds. The zero-order valence-electron chi connectivity index (χ0n) is 11.4. The van der Waals surface area contributed by atoms with Gasteiger partial charge in [0.2, 0.25) is 11.8 Å². The molecule has 1 aliphatic rings. The maximum atomic E-state index is 11.7. The molecule has 1 rings (SSSR count). The molecule has 0 aromatic carbocycles. The number of amides is 2. The maximum absolute atomic E-state index is 11.7.